The van der Waals surface area contributed by atoms with Crippen LogP contribution in [0.1, 0.15) is 69.4 Å². The third-order valence-corrected chi connectivity index (χ3v) is 4.36. The topological polar surface area (TPSA) is 0 Å². The van der Waals surface area contributed by atoms with Gasteiger partial charge in [0.2, 0.25) is 0 Å². The van der Waals surface area contributed by atoms with Crippen LogP contribution >= 0.6 is 0 Å². The molecule has 0 heteroatoms. The van der Waals surface area contributed by atoms with Crippen LogP contribution in [0.4, 0.5) is 0 Å². The zero-order valence-electron chi connectivity index (χ0n) is 11.4. The molecule has 17 heavy (non-hydrogen) atoms. The number of benzene rings is 1. The predicted molar refractivity (Wildman–Crippen MR) is 75.4 cm³/mol. The Morgan fingerprint density at radius 1 is 1.18 bits per heavy atom. The lowest BCUT2D eigenvalue weighted by Gasteiger charge is -2.27. The highest BCUT2D eigenvalue weighted by molar-refractivity contribution is 5.31. The molecule has 0 bridgehead atoms. The molecule has 0 heterocycles. The van der Waals surface area contributed by atoms with E-state index in [9.17, 15) is 0 Å². The fraction of sp³-hybridized carbons (Fsp3) is 0.647. The van der Waals surface area contributed by atoms with E-state index in [-0.39, 0.29) is 0 Å². The van der Waals surface area contributed by atoms with Gasteiger partial charge in [-0.25, -0.2) is 0 Å². The Kier molecular flexibility index (Phi) is 4.65. The van der Waals surface area contributed by atoms with Gasteiger partial charge in [0.25, 0.3) is 0 Å². The summed E-state index contributed by atoms with van der Waals surface area (Å²) in [4.78, 5) is 0. The Morgan fingerprint density at radius 2 is 1.94 bits per heavy atom. The van der Waals surface area contributed by atoms with Gasteiger partial charge in [-0.2, -0.15) is 0 Å². The Hall–Kier alpha value is -0.780. The van der Waals surface area contributed by atoms with Crippen molar-refractivity contribution in [2.24, 2.45) is 5.92 Å². The van der Waals surface area contributed by atoms with Gasteiger partial charge in [-0.1, -0.05) is 63.8 Å². The van der Waals surface area contributed by atoms with Crippen molar-refractivity contribution < 1.29 is 0 Å². The van der Waals surface area contributed by atoms with E-state index < -0.39 is 0 Å². The monoisotopic (exact) mass is 230 g/mol. The summed E-state index contributed by atoms with van der Waals surface area (Å²) < 4.78 is 0. The molecule has 1 atom stereocenters. The summed E-state index contributed by atoms with van der Waals surface area (Å²) in [6, 6.07) is 9.18. The van der Waals surface area contributed by atoms with Crippen LogP contribution in [0.2, 0.25) is 0 Å². The van der Waals surface area contributed by atoms with Crippen LogP contribution in [-0.2, 0) is 6.42 Å². The standard InChI is InChI=1S/C17H26/c1-3-8-15(4-2)17-12-6-5-11-16(17)13-14-9-7-10-14/h5-6,11-12,14-15H,3-4,7-10,13H2,1-2H3. The molecule has 0 nitrogen and oxygen atoms in total. The lowest BCUT2D eigenvalue weighted by Crippen LogP contribution is -2.15. The Bertz CT molecular complexity index is 336. The van der Waals surface area contributed by atoms with Gasteiger partial charge in [0.15, 0.2) is 0 Å². The number of rotatable bonds is 6. The van der Waals surface area contributed by atoms with Gasteiger partial charge in [-0.05, 0) is 42.2 Å². The molecule has 1 fully saturated rings. The minimum Gasteiger partial charge on any atom is -0.0654 e. The molecule has 0 aliphatic heterocycles. The molecule has 1 aliphatic rings. The van der Waals surface area contributed by atoms with E-state index >= 15 is 0 Å². The predicted octanol–water partition coefficient (Wildman–Crippen LogP) is 5.32. The largest absolute Gasteiger partial charge is 0.0654 e. The van der Waals surface area contributed by atoms with E-state index in [0.29, 0.717) is 0 Å². The molecule has 0 spiro atoms. The van der Waals surface area contributed by atoms with Crippen LogP contribution < -0.4 is 0 Å². The minimum atomic E-state index is 0.788. The van der Waals surface area contributed by atoms with Crippen LogP contribution in [0.25, 0.3) is 0 Å². The zero-order chi connectivity index (χ0) is 12.1. The average Bonchev–Trinajstić information content (AvgIpc) is 2.31. The summed E-state index contributed by atoms with van der Waals surface area (Å²) in [7, 11) is 0. The van der Waals surface area contributed by atoms with Crippen molar-refractivity contribution in [2.75, 3.05) is 0 Å². The van der Waals surface area contributed by atoms with Crippen molar-refractivity contribution >= 4 is 0 Å². The molecule has 0 N–H and O–H groups in total. The van der Waals surface area contributed by atoms with Gasteiger partial charge in [-0.15, -0.1) is 0 Å². The van der Waals surface area contributed by atoms with Gasteiger partial charge < -0.3 is 0 Å². The van der Waals surface area contributed by atoms with E-state index in [0.717, 1.165) is 11.8 Å². The fourth-order valence-electron chi connectivity index (χ4n) is 3.05. The van der Waals surface area contributed by atoms with E-state index in [1.54, 1.807) is 11.1 Å². The van der Waals surface area contributed by atoms with Gasteiger partial charge >= 0.3 is 0 Å². The van der Waals surface area contributed by atoms with Crippen molar-refractivity contribution in [3.63, 3.8) is 0 Å². The molecule has 2 rings (SSSR count). The van der Waals surface area contributed by atoms with E-state index in [2.05, 4.69) is 38.1 Å². The van der Waals surface area contributed by atoms with Crippen LogP contribution in [0.15, 0.2) is 24.3 Å². The first kappa shape index (κ1) is 12.7. The molecule has 1 saturated carbocycles. The van der Waals surface area contributed by atoms with Gasteiger partial charge in [0.1, 0.15) is 0 Å². The first-order valence-corrected chi connectivity index (χ1v) is 7.43. The fourth-order valence-corrected chi connectivity index (χ4v) is 3.05. The van der Waals surface area contributed by atoms with Gasteiger partial charge in [0, 0.05) is 0 Å². The van der Waals surface area contributed by atoms with Gasteiger partial charge in [-0.3, -0.25) is 0 Å². The summed E-state index contributed by atoms with van der Waals surface area (Å²) in [5.41, 5.74) is 3.28. The maximum atomic E-state index is 2.37. The van der Waals surface area contributed by atoms with Crippen molar-refractivity contribution in [3.8, 4) is 0 Å². The molecule has 0 saturated heterocycles. The van der Waals surface area contributed by atoms with Crippen molar-refractivity contribution in [2.45, 2.75) is 64.7 Å². The Balaban J connectivity index is 2.12. The first-order chi connectivity index (χ1) is 8.35. The van der Waals surface area contributed by atoms with Crippen molar-refractivity contribution in [1.29, 1.82) is 0 Å². The average molecular weight is 230 g/mol. The summed E-state index contributed by atoms with van der Waals surface area (Å²) in [5, 5.41) is 0. The summed E-state index contributed by atoms with van der Waals surface area (Å²) >= 11 is 0. The van der Waals surface area contributed by atoms with E-state index in [4.69, 9.17) is 0 Å². The quantitative estimate of drug-likeness (QED) is 0.620. The van der Waals surface area contributed by atoms with Crippen molar-refractivity contribution in [1.82, 2.24) is 0 Å². The molecular weight excluding hydrogens is 204 g/mol. The summed E-state index contributed by atoms with van der Waals surface area (Å²) in [6.45, 7) is 4.64. The smallest absolute Gasteiger partial charge is 0.0162 e. The Morgan fingerprint density at radius 3 is 2.53 bits per heavy atom. The van der Waals surface area contributed by atoms with E-state index in [1.807, 2.05) is 0 Å². The van der Waals surface area contributed by atoms with Crippen LogP contribution in [-0.4, -0.2) is 0 Å². The van der Waals surface area contributed by atoms with Crippen LogP contribution in [0.3, 0.4) is 0 Å². The third-order valence-electron chi connectivity index (χ3n) is 4.36. The second kappa shape index (κ2) is 6.23. The molecule has 0 radical (unpaired) electrons. The SMILES string of the molecule is CCCC(CC)c1ccccc1CC1CCC1. The summed E-state index contributed by atoms with van der Waals surface area (Å²) in [5.74, 6) is 1.77. The van der Waals surface area contributed by atoms with Crippen LogP contribution in [0, 0.1) is 5.92 Å². The molecular formula is C17H26. The lowest BCUT2D eigenvalue weighted by atomic mass is 9.78. The third kappa shape index (κ3) is 3.12. The van der Waals surface area contributed by atoms with Crippen LogP contribution in [0.5, 0.6) is 0 Å². The highest BCUT2D eigenvalue weighted by Crippen LogP contribution is 2.34. The zero-order valence-corrected chi connectivity index (χ0v) is 11.4. The minimum absolute atomic E-state index is 0.788. The van der Waals surface area contributed by atoms with Gasteiger partial charge in [0.05, 0.1) is 0 Å². The first-order valence-electron chi connectivity index (χ1n) is 7.43. The highest BCUT2D eigenvalue weighted by Gasteiger charge is 2.20. The maximum Gasteiger partial charge on any atom is -0.0162 e. The second-order valence-electron chi connectivity index (χ2n) is 5.59. The number of hydrogen-bond acceptors (Lipinski definition) is 0. The lowest BCUT2D eigenvalue weighted by molar-refractivity contribution is 0.313. The highest BCUT2D eigenvalue weighted by atomic mass is 14.3. The molecule has 1 aliphatic carbocycles. The summed E-state index contributed by atoms with van der Waals surface area (Å²) in [6.07, 6.45) is 9.64. The normalized spacial score (nSPS) is 17.8. The Labute approximate surface area is 106 Å². The molecule has 0 aromatic heterocycles. The molecule has 1 aromatic carbocycles. The molecule has 94 valence electrons. The number of hydrogen-bond donors (Lipinski definition) is 0. The molecule has 0 amide bonds. The second-order valence-corrected chi connectivity index (χ2v) is 5.59. The van der Waals surface area contributed by atoms with Crippen molar-refractivity contribution in [3.05, 3.63) is 35.4 Å². The maximum absolute atomic E-state index is 2.37. The van der Waals surface area contributed by atoms with E-state index in [1.165, 1.54) is 44.9 Å². The molecule has 1 unspecified atom stereocenters. The molecule has 1 aromatic rings.